The first-order valence-electron chi connectivity index (χ1n) is 7.92. The monoisotopic (exact) mass is 272 g/mol. The van der Waals surface area contributed by atoms with Crippen LogP contribution in [0.5, 0.6) is 0 Å². The summed E-state index contributed by atoms with van der Waals surface area (Å²) in [5.74, 6) is 0.708. The molecule has 0 saturated carbocycles. The van der Waals surface area contributed by atoms with Crippen molar-refractivity contribution >= 4 is 0 Å². The summed E-state index contributed by atoms with van der Waals surface area (Å²) in [7, 11) is 0. The number of aliphatic hydroxyl groups is 1. The van der Waals surface area contributed by atoms with E-state index in [4.69, 9.17) is 4.74 Å². The van der Waals surface area contributed by atoms with E-state index in [1.54, 1.807) is 0 Å². The first-order chi connectivity index (χ1) is 9.21. The molecule has 1 rings (SSSR count). The number of hydrogen-bond acceptors (Lipinski definition) is 4. The Morgan fingerprint density at radius 3 is 2.79 bits per heavy atom. The van der Waals surface area contributed by atoms with Crippen LogP contribution in [0.15, 0.2) is 0 Å². The summed E-state index contributed by atoms with van der Waals surface area (Å²) >= 11 is 0. The number of piperidine rings is 1. The molecule has 19 heavy (non-hydrogen) atoms. The van der Waals surface area contributed by atoms with Gasteiger partial charge < -0.3 is 20.1 Å². The zero-order valence-corrected chi connectivity index (χ0v) is 12.9. The van der Waals surface area contributed by atoms with E-state index in [-0.39, 0.29) is 6.10 Å². The Hall–Kier alpha value is -0.160. The third-order valence-electron chi connectivity index (χ3n) is 3.98. The normalized spacial score (nSPS) is 26.5. The largest absolute Gasteiger partial charge is 0.389 e. The predicted molar refractivity (Wildman–Crippen MR) is 79.4 cm³/mol. The molecule has 2 N–H and O–H groups in total. The molecule has 0 amide bonds. The van der Waals surface area contributed by atoms with E-state index in [0.29, 0.717) is 25.2 Å². The molecule has 0 aromatic heterocycles. The van der Waals surface area contributed by atoms with Crippen molar-refractivity contribution < 1.29 is 9.84 Å². The van der Waals surface area contributed by atoms with Crippen molar-refractivity contribution in [1.29, 1.82) is 0 Å². The lowest BCUT2D eigenvalue weighted by Crippen LogP contribution is -2.51. The fraction of sp³-hybridized carbons (Fsp3) is 1.00. The molecule has 1 aliphatic heterocycles. The second kappa shape index (κ2) is 9.70. The van der Waals surface area contributed by atoms with Crippen LogP contribution in [0.2, 0.25) is 0 Å². The van der Waals surface area contributed by atoms with Gasteiger partial charge in [0.1, 0.15) is 0 Å². The highest BCUT2D eigenvalue weighted by Gasteiger charge is 2.28. The predicted octanol–water partition coefficient (Wildman–Crippen LogP) is 1.48. The second-order valence-corrected chi connectivity index (χ2v) is 5.59. The molecule has 0 aromatic rings. The van der Waals surface area contributed by atoms with E-state index in [0.717, 1.165) is 26.2 Å². The number of nitrogens with zero attached hydrogens (tertiary/aromatic N) is 1. The number of rotatable bonds is 9. The van der Waals surface area contributed by atoms with Gasteiger partial charge in [-0.3, -0.25) is 0 Å². The number of hydrogen-bond donors (Lipinski definition) is 2. The Balaban J connectivity index is 2.32. The number of nitrogens with one attached hydrogen (secondary N) is 1. The summed E-state index contributed by atoms with van der Waals surface area (Å²) in [6.45, 7) is 11.6. The summed E-state index contributed by atoms with van der Waals surface area (Å²) in [6.07, 6.45) is 3.25. The maximum atomic E-state index is 9.92. The summed E-state index contributed by atoms with van der Waals surface area (Å²) in [4.78, 5) is 2.39. The van der Waals surface area contributed by atoms with Crippen LogP contribution >= 0.6 is 0 Å². The molecule has 1 aliphatic rings. The van der Waals surface area contributed by atoms with E-state index >= 15 is 0 Å². The van der Waals surface area contributed by atoms with Crippen LogP contribution in [0.1, 0.15) is 40.0 Å². The van der Waals surface area contributed by atoms with Gasteiger partial charge in [-0.25, -0.2) is 0 Å². The van der Waals surface area contributed by atoms with Crippen LogP contribution in [0, 0.1) is 5.92 Å². The lowest BCUT2D eigenvalue weighted by molar-refractivity contribution is 0.00908. The minimum absolute atomic E-state index is 0.349. The molecule has 1 saturated heterocycles. The highest BCUT2D eigenvalue weighted by atomic mass is 16.5. The van der Waals surface area contributed by atoms with Gasteiger partial charge in [-0.1, -0.05) is 20.3 Å². The molecule has 0 spiro atoms. The Kier molecular flexibility index (Phi) is 8.62. The van der Waals surface area contributed by atoms with Gasteiger partial charge in [0.2, 0.25) is 0 Å². The first-order valence-corrected chi connectivity index (χ1v) is 7.92. The fourth-order valence-electron chi connectivity index (χ4n) is 2.89. The molecule has 4 nitrogen and oxygen atoms in total. The van der Waals surface area contributed by atoms with E-state index in [9.17, 15) is 5.11 Å². The van der Waals surface area contributed by atoms with Crippen molar-refractivity contribution in [2.45, 2.75) is 52.2 Å². The van der Waals surface area contributed by atoms with Crippen LogP contribution in [-0.4, -0.2) is 61.5 Å². The SMILES string of the molecule is CCCNC1CCN(CC(O)COCC)CC1CC. The van der Waals surface area contributed by atoms with Crippen molar-refractivity contribution in [2.75, 3.05) is 39.4 Å². The smallest absolute Gasteiger partial charge is 0.0900 e. The van der Waals surface area contributed by atoms with E-state index < -0.39 is 0 Å². The molecule has 0 aliphatic carbocycles. The van der Waals surface area contributed by atoms with Gasteiger partial charge in [-0.05, 0) is 38.8 Å². The summed E-state index contributed by atoms with van der Waals surface area (Å²) in [5.41, 5.74) is 0. The molecule has 3 atom stereocenters. The van der Waals surface area contributed by atoms with Crippen molar-refractivity contribution in [3.63, 3.8) is 0 Å². The molecular weight excluding hydrogens is 240 g/mol. The third kappa shape index (κ3) is 6.21. The molecule has 0 bridgehead atoms. The Morgan fingerprint density at radius 1 is 1.37 bits per heavy atom. The van der Waals surface area contributed by atoms with Crippen LogP contribution in [0.25, 0.3) is 0 Å². The quantitative estimate of drug-likeness (QED) is 0.667. The first kappa shape index (κ1) is 16.9. The maximum absolute atomic E-state index is 9.92. The minimum atomic E-state index is -0.349. The molecule has 1 fully saturated rings. The van der Waals surface area contributed by atoms with E-state index in [2.05, 4.69) is 24.1 Å². The van der Waals surface area contributed by atoms with Crippen LogP contribution in [0.4, 0.5) is 0 Å². The molecule has 114 valence electrons. The van der Waals surface area contributed by atoms with Gasteiger partial charge >= 0.3 is 0 Å². The molecule has 1 heterocycles. The molecule has 0 radical (unpaired) electrons. The van der Waals surface area contributed by atoms with E-state index in [1.807, 2.05) is 6.92 Å². The molecule has 4 heteroatoms. The van der Waals surface area contributed by atoms with Crippen molar-refractivity contribution in [2.24, 2.45) is 5.92 Å². The molecular formula is C15H32N2O2. The standard InChI is InChI=1S/C15H32N2O2/c1-4-8-16-15-7-9-17(10-13(15)5-2)11-14(18)12-19-6-3/h13-16,18H,4-12H2,1-3H3. The molecule has 0 aromatic carbocycles. The Morgan fingerprint density at radius 2 is 2.16 bits per heavy atom. The van der Waals surface area contributed by atoms with Gasteiger partial charge in [0.25, 0.3) is 0 Å². The van der Waals surface area contributed by atoms with Gasteiger partial charge in [-0.2, -0.15) is 0 Å². The van der Waals surface area contributed by atoms with Crippen molar-refractivity contribution in [3.05, 3.63) is 0 Å². The van der Waals surface area contributed by atoms with Gasteiger partial charge in [-0.15, -0.1) is 0 Å². The number of ether oxygens (including phenoxy) is 1. The van der Waals surface area contributed by atoms with Gasteiger partial charge in [0, 0.05) is 25.7 Å². The van der Waals surface area contributed by atoms with E-state index in [1.165, 1.54) is 19.3 Å². The fourth-order valence-corrected chi connectivity index (χ4v) is 2.89. The lowest BCUT2D eigenvalue weighted by atomic mass is 9.89. The number of likely N-dealkylation sites (tertiary alicyclic amines) is 1. The Labute approximate surface area is 118 Å². The topological polar surface area (TPSA) is 44.7 Å². The maximum Gasteiger partial charge on any atom is 0.0900 e. The average Bonchev–Trinajstić information content (AvgIpc) is 2.43. The lowest BCUT2D eigenvalue weighted by Gasteiger charge is -2.39. The van der Waals surface area contributed by atoms with Crippen molar-refractivity contribution in [3.8, 4) is 0 Å². The van der Waals surface area contributed by atoms with Crippen molar-refractivity contribution in [1.82, 2.24) is 10.2 Å². The zero-order chi connectivity index (χ0) is 14.1. The minimum Gasteiger partial charge on any atom is -0.389 e. The average molecular weight is 272 g/mol. The third-order valence-corrected chi connectivity index (χ3v) is 3.98. The summed E-state index contributed by atoms with van der Waals surface area (Å²) < 4.78 is 5.28. The number of β-amino-alcohol motifs (C(OH)–C–C–N with tert-alkyl or cyclic N) is 1. The second-order valence-electron chi connectivity index (χ2n) is 5.59. The van der Waals surface area contributed by atoms with Gasteiger partial charge in [0.15, 0.2) is 0 Å². The van der Waals surface area contributed by atoms with Crippen LogP contribution < -0.4 is 5.32 Å². The Bertz CT molecular complexity index is 226. The number of aliphatic hydroxyl groups excluding tert-OH is 1. The zero-order valence-electron chi connectivity index (χ0n) is 12.9. The van der Waals surface area contributed by atoms with Crippen LogP contribution in [-0.2, 0) is 4.74 Å². The highest BCUT2D eigenvalue weighted by Crippen LogP contribution is 2.20. The van der Waals surface area contributed by atoms with Crippen LogP contribution in [0.3, 0.4) is 0 Å². The summed E-state index contributed by atoms with van der Waals surface area (Å²) in [5, 5.41) is 13.6. The van der Waals surface area contributed by atoms with Gasteiger partial charge in [0.05, 0.1) is 12.7 Å². The molecule has 3 unspecified atom stereocenters. The highest BCUT2D eigenvalue weighted by molar-refractivity contribution is 4.85. The summed E-state index contributed by atoms with van der Waals surface area (Å²) in [6, 6.07) is 0.658.